The predicted octanol–water partition coefficient (Wildman–Crippen LogP) is 3.97. The average Bonchev–Trinajstić information content (AvgIpc) is 2.80. The molecule has 0 aliphatic rings. The molecule has 2 aromatic heterocycles. The molecule has 0 radical (unpaired) electrons. The summed E-state index contributed by atoms with van der Waals surface area (Å²) in [4.78, 5) is 25.5. The highest BCUT2D eigenvalue weighted by molar-refractivity contribution is 5.92. The van der Waals surface area contributed by atoms with Crippen molar-refractivity contribution in [1.82, 2.24) is 20.4 Å². The van der Waals surface area contributed by atoms with Gasteiger partial charge in [0.25, 0.3) is 0 Å². The molecule has 0 saturated carbocycles. The number of amides is 1. The molecular formula is C23H17N5O. The minimum absolute atomic E-state index is 0.0496. The van der Waals surface area contributed by atoms with Crippen molar-refractivity contribution >= 4 is 12.1 Å². The Balaban J connectivity index is 1.66. The summed E-state index contributed by atoms with van der Waals surface area (Å²) in [6.45, 7) is 0. The minimum atomic E-state index is -0.486. The Hall–Kier alpha value is -4.19. The zero-order valence-corrected chi connectivity index (χ0v) is 15.4. The number of carbonyl (C=O) groups is 1. The van der Waals surface area contributed by atoms with Crippen LogP contribution < -0.4 is 5.43 Å². The van der Waals surface area contributed by atoms with E-state index in [-0.39, 0.29) is 5.82 Å². The highest BCUT2D eigenvalue weighted by Crippen LogP contribution is 2.23. The summed E-state index contributed by atoms with van der Waals surface area (Å²) in [7, 11) is 0. The van der Waals surface area contributed by atoms with E-state index in [9.17, 15) is 4.79 Å². The van der Waals surface area contributed by atoms with E-state index in [2.05, 4.69) is 25.5 Å². The van der Waals surface area contributed by atoms with Gasteiger partial charge in [-0.1, -0.05) is 66.7 Å². The van der Waals surface area contributed by atoms with E-state index in [0.29, 0.717) is 11.4 Å². The number of nitrogens with one attached hydrogen (secondary N) is 1. The maximum Gasteiger partial charge on any atom is 0.309 e. The van der Waals surface area contributed by atoms with E-state index in [4.69, 9.17) is 0 Å². The van der Waals surface area contributed by atoms with Crippen LogP contribution in [0.2, 0.25) is 0 Å². The molecular weight excluding hydrogens is 362 g/mol. The lowest BCUT2D eigenvalue weighted by atomic mass is 10.1. The molecule has 6 heteroatoms. The Morgan fingerprint density at radius 1 is 0.828 bits per heavy atom. The summed E-state index contributed by atoms with van der Waals surface area (Å²) in [5.41, 5.74) is 6.40. The van der Waals surface area contributed by atoms with Crippen LogP contribution in [-0.2, 0) is 0 Å². The molecule has 4 aromatic rings. The van der Waals surface area contributed by atoms with Crippen LogP contribution in [0.5, 0.6) is 0 Å². The first-order valence-corrected chi connectivity index (χ1v) is 9.03. The van der Waals surface area contributed by atoms with Crippen LogP contribution >= 0.6 is 0 Å². The highest BCUT2D eigenvalue weighted by Gasteiger charge is 2.14. The number of hydrogen-bond acceptors (Lipinski definition) is 5. The van der Waals surface area contributed by atoms with Crippen LogP contribution in [0.4, 0.5) is 0 Å². The molecule has 1 N–H and O–H groups in total. The average molecular weight is 379 g/mol. The summed E-state index contributed by atoms with van der Waals surface area (Å²) in [5.74, 6) is -0.436. The Morgan fingerprint density at radius 3 is 2.00 bits per heavy atom. The summed E-state index contributed by atoms with van der Waals surface area (Å²) >= 11 is 0. The van der Waals surface area contributed by atoms with Crippen LogP contribution in [0, 0.1) is 0 Å². The number of hydrogen-bond donors (Lipinski definition) is 1. The van der Waals surface area contributed by atoms with Gasteiger partial charge in [0.2, 0.25) is 5.82 Å². The van der Waals surface area contributed by atoms with E-state index in [1.807, 2.05) is 72.8 Å². The van der Waals surface area contributed by atoms with Crippen molar-refractivity contribution in [2.45, 2.75) is 0 Å². The van der Waals surface area contributed by atoms with Gasteiger partial charge in [-0.2, -0.15) is 5.10 Å². The fourth-order valence-electron chi connectivity index (χ4n) is 2.73. The Labute approximate surface area is 168 Å². The first-order valence-electron chi connectivity index (χ1n) is 9.03. The molecule has 2 heterocycles. The maximum atomic E-state index is 12.6. The number of rotatable bonds is 5. The van der Waals surface area contributed by atoms with Crippen molar-refractivity contribution in [3.8, 4) is 22.5 Å². The Bertz CT molecular complexity index is 1070. The van der Waals surface area contributed by atoms with Gasteiger partial charge < -0.3 is 0 Å². The zero-order chi connectivity index (χ0) is 19.9. The van der Waals surface area contributed by atoms with E-state index in [0.717, 1.165) is 16.7 Å². The van der Waals surface area contributed by atoms with Gasteiger partial charge in [0.15, 0.2) is 0 Å². The molecule has 140 valence electrons. The largest absolute Gasteiger partial charge is 0.309 e. The standard InChI is InChI=1S/C23H17N5O/c29-23(28-25-16-17-8-7-13-24-15-17)22-26-20(18-9-3-1-4-10-18)14-21(27-22)19-11-5-2-6-12-19/h1-16H,(H,28,29). The van der Waals surface area contributed by atoms with Gasteiger partial charge >= 0.3 is 5.91 Å². The molecule has 0 unspecified atom stereocenters. The van der Waals surface area contributed by atoms with Gasteiger partial charge in [-0.05, 0) is 12.1 Å². The first-order chi connectivity index (χ1) is 14.3. The van der Waals surface area contributed by atoms with Crippen molar-refractivity contribution in [2.75, 3.05) is 0 Å². The molecule has 0 spiro atoms. The van der Waals surface area contributed by atoms with Crippen molar-refractivity contribution in [1.29, 1.82) is 0 Å². The van der Waals surface area contributed by atoms with Crippen LogP contribution in [0.15, 0.2) is 96.4 Å². The fourth-order valence-corrected chi connectivity index (χ4v) is 2.73. The molecule has 0 fully saturated rings. The third-order valence-corrected chi connectivity index (χ3v) is 4.13. The van der Waals surface area contributed by atoms with Gasteiger partial charge in [-0.3, -0.25) is 9.78 Å². The lowest BCUT2D eigenvalue weighted by Gasteiger charge is -2.08. The maximum absolute atomic E-state index is 12.6. The lowest BCUT2D eigenvalue weighted by molar-refractivity contribution is 0.0945. The number of benzene rings is 2. The molecule has 2 aromatic carbocycles. The minimum Gasteiger partial charge on any atom is -0.264 e. The molecule has 4 rings (SSSR count). The van der Waals surface area contributed by atoms with Crippen LogP contribution in [-0.4, -0.2) is 27.1 Å². The topological polar surface area (TPSA) is 80.1 Å². The number of pyridine rings is 1. The molecule has 1 amide bonds. The van der Waals surface area contributed by atoms with E-state index >= 15 is 0 Å². The summed E-state index contributed by atoms with van der Waals surface area (Å²) in [6, 6.07) is 24.9. The Morgan fingerprint density at radius 2 is 1.45 bits per heavy atom. The summed E-state index contributed by atoms with van der Waals surface area (Å²) in [5, 5.41) is 3.98. The van der Waals surface area contributed by atoms with Crippen molar-refractivity contribution in [2.24, 2.45) is 5.10 Å². The molecule has 0 atom stereocenters. The van der Waals surface area contributed by atoms with E-state index < -0.39 is 5.91 Å². The third-order valence-electron chi connectivity index (χ3n) is 4.13. The van der Waals surface area contributed by atoms with Gasteiger partial charge in [0, 0.05) is 29.1 Å². The third kappa shape index (κ3) is 4.56. The predicted molar refractivity (Wildman–Crippen MR) is 112 cm³/mol. The second-order valence-corrected chi connectivity index (χ2v) is 6.18. The van der Waals surface area contributed by atoms with E-state index in [1.54, 1.807) is 18.5 Å². The highest BCUT2D eigenvalue weighted by atomic mass is 16.2. The molecule has 6 nitrogen and oxygen atoms in total. The molecule has 0 aliphatic carbocycles. The normalized spacial score (nSPS) is 10.8. The van der Waals surface area contributed by atoms with E-state index in [1.165, 1.54) is 6.21 Å². The SMILES string of the molecule is O=C(NN=Cc1cccnc1)c1nc(-c2ccccc2)cc(-c2ccccc2)n1. The first kappa shape index (κ1) is 18.2. The van der Waals surface area contributed by atoms with Gasteiger partial charge in [0.1, 0.15) is 0 Å². The molecule has 0 saturated heterocycles. The van der Waals surface area contributed by atoms with Crippen LogP contribution in [0.3, 0.4) is 0 Å². The van der Waals surface area contributed by atoms with Gasteiger partial charge in [-0.25, -0.2) is 15.4 Å². The second-order valence-electron chi connectivity index (χ2n) is 6.18. The van der Waals surface area contributed by atoms with Crippen LogP contribution in [0.25, 0.3) is 22.5 Å². The summed E-state index contributed by atoms with van der Waals surface area (Å²) in [6.07, 6.45) is 4.84. The number of aromatic nitrogens is 3. The monoisotopic (exact) mass is 379 g/mol. The number of nitrogens with zero attached hydrogens (tertiary/aromatic N) is 4. The smallest absolute Gasteiger partial charge is 0.264 e. The number of hydrazone groups is 1. The van der Waals surface area contributed by atoms with Crippen molar-refractivity contribution in [3.63, 3.8) is 0 Å². The molecule has 0 aliphatic heterocycles. The van der Waals surface area contributed by atoms with Gasteiger partial charge in [-0.15, -0.1) is 0 Å². The molecule has 29 heavy (non-hydrogen) atoms. The molecule has 0 bridgehead atoms. The van der Waals surface area contributed by atoms with Gasteiger partial charge in [0.05, 0.1) is 17.6 Å². The Kier molecular flexibility index (Phi) is 5.43. The lowest BCUT2D eigenvalue weighted by Crippen LogP contribution is -2.21. The number of carbonyl (C=O) groups excluding carboxylic acids is 1. The van der Waals surface area contributed by atoms with Crippen molar-refractivity contribution in [3.05, 3.63) is 103 Å². The van der Waals surface area contributed by atoms with Crippen molar-refractivity contribution < 1.29 is 4.79 Å². The summed E-state index contributed by atoms with van der Waals surface area (Å²) < 4.78 is 0. The quantitative estimate of drug-likeness (QED) is 0.420. The second kappa shape index (κ2) is 8.67. The van der Waals surface area contributed by atoms with Crippen LogP contribution in [0.1, 0.15) is 16.2 Å². The fraction of sp³-hybridized carbons (Fsp3) is 0. The zero-order valence-electron chi connectivity index (χ0n) is 15.4.